The fraction of sp³-hybridized carbons (Fsp3) is 0.400. The molecule has 8 nitrogen and oxygen atoms in total. The highest BCUT2D eigenvalue weighted by Crippen LogP contribution is 2.34. The maximum Gasteiger partial charge on any atom is 0.258 e. The van der Waals surface area contributed by atoms with Crippen molar-refractivity contribution in [2.75, 3.05) is 13.7 Å². The van der Waals surface area contributed by atoms with E-state index in [0.29, 0.717) is 37.4 Å². The fourth-order valence-electron chi connectivity index (χ4n) is 5.66. The molecule has 0 radical (unpaired) electrons. The van der Waals surface area contributed by atoms with Crippen molar-refractivity contribution in [3.05, 3.63) is 70.4 Å². The van der Waals surface area contributed by atoms with Gasteiger partial charge in [0.05, 0.1) is 28.8 Å². The lowest BCUT2D eigenvalue weighted by Crippen LogP contribution is -2.55. The number of aryl methyl sites for hydroxylation is 1. The first kappa shape index (κ1) is 26.9. The molecule has 2 aliphatic rings. The predicted molar refractivity (Wildman–Crippen MR) is 150 cm³/mol. The maximum absolute atomic E-state index is 13.9. The molecule has 0 aliphatic carbocycles. The molecule has 5 rings (SSSR count). The molecule has 0 spiro atoms. The number of carbonyl (C=O) groups excluding carboxylic acids is 3. The van der Waals surface area contributed by atoms with Crippen molar-refractivity contribution < 1.29 is 19.1 Å². The van der Waals surface area contributed by atoms with Crippen LogP contribution in [0.25, 0.3) is 10.4 Å². The number of nitrogens with zero attached hydrogens (tertiary/aromatic N) is 3. The Morgan fingerprint density at radius 2 is 1.95 bits per heavy atom. The van der Waals surface area contributed by atoms with E-state index in [-0.39, 0.29) is 23.6 Å². The van der Waals surface area contributed by atoms with Crippen LogP contribution in [0.15, 0.2) is 48.0 Å². The van der Waals surface area contributed by atoms with Crippen molar-refractivity contribution in [1.29, 1.82) is 0 Å². The molecule has 3 amide bonds. The average Bonchev–Trinajstić information content (AvgIpc) is 3.67. The third-order valence-electron chi connectivity index (χ3n) is 7.64. The summed E-state index contributed by atoms with van der Waals surface area (Å²) in [6, 6.07) is 12.4. The van der Waals surface area contributed by atoms with E-state index in [2.05, 4.69) is 10.3 Å². The molecule has 9 heteroatoms. The topological polar surface area (TPSA) is 91.8 Å². The number of benzene rings is 2. The van der Waals surface area contributed by atoms with Gasteiger partial charge in [0, 0.05) is 19.6 Å². The number of amides is 3. The number of carbonyl (C=O) groups is 3. The van der Waals surface area contributed by atoms with Crippen LogP contribution >= 0.6 is 11.3 Å². The van der Waals surface area contributed by atoms with Crippen LogP contribution in [0.3, 0.4) is 0 Å². The molecule has 2 aliphatic heterocycles. The van der Waals surface area contributed by atoms with E-state index in [1.807, 2.05) is 62.7 Å². The number of likely N-dealkylation sites (tertiary alicyclic amines) is 1. The quantitative estimate of drug-likeness (QED) is 0.452. The predicted octanol–water partition coefficient (Wildman–Crippen LogP) is 4.41. The van der Waals surface area contributed by atoms with Gasteiger partial charge in [0.2, 0.25) is 11.8 Å². The third kappa shape index (κ3) is 5.15. The zero-order valence-corrected chi connectivity index (χ0v) is 23.6. The second-order valence-corrected chi connectivity index (χ2v) is 11.3. The lowest BCUT2D eigenvalue weighted by atomic mass is 10.0. The second-order valence-electron chi connectivity index (χ2n) is 10.5. The van der Waals surface area contributed by atoms with Gasteiger partial charge in [0.25, 0.3) is 5.91 Å². The summed E-state index contributed by atoms with van der Waals surface area (Å²) in [5.41, 5.74) is 6.31. The minimum Gasteiger partial charge on any atom is -0.496 e. The Morgan fingerprint density at radius 3 is 2.62 bits per heavy atom. The van der Waals surface area contributed by atoms with Crippen LogP contribution in [0.1, 0.15) is 53.9 Å². The molecule has 2 atom stereocenters. The first-order valence-corrected chi connectivity index (χ1v) is 14.2. The van der Waals surface area contributed by atoms with E-state index in [1.54, 1.807) is 34.3 Å². The summed E-state index contributed by atoms with van der Waals surface area (Å²) < 4.78 is 5.42. The van der Waals surface area contributed by atoms with Crippen LogP contribution in [0.2, 0.25) is 0 Å². The standard InChI is InChI=1S/C30H34N4O4S/c1-18(2)26(34-16-22-7-5-9-24(38-4)25(22)29(34)36)30(37)33-14-6-8-23(33)28(35)31-15-20-10-12-21(13-11-20)27-19(3)32-17-39-27/h5,7,9-13,17-18,23,26H,6,8,14-16H2,1-4H3,(H,31,35). The summed E-state index contributed by atoms with van der Waals surface area (Å²) in [6.45, 7) is 7.11. The van der Waals surface area contributed by atoms with Crippen molar-refractivity contribution in [2.45, 2.75) is 58.8 Å². The van der Waals surface area contributed by atoms with Crippen LogP contribution in [0.4, 0.5) is 0 Å². The van der Waals surface area contributed by atoms with Gasteiger partial charge in [-0.2, -0.15) is 0 Å². The summed E-state index contributed by atoms with van der Waals surface area (Å²) in [5, 5.41) is 3.03. The molecule has 1 fully saturated rings. The van der Waals surface area contributed by atoms with Gasteiger partial charge in [-0.25, -0.2) is 4.98 Å². The molecule has 0 bridgehead atoms. The van der Waals surface area contributed by atoms with Gasteiger partial charge in [-0.15, -0.1) is 11.3 Å². The van der Waals surface area contributed by atoms with Crippen LogP contribution in [-0.2, 0) is 22.7 Å². The van der Waals surface area contributed by atoms with Crippen molar-refractivity contribution in [2.24, 2.45) is 5.92 Å². The molecular formula is C30H34N4O4S. The summed E-state index contributed by atoms with van der Waals surface area (Å²) in [5.74, 6) is -0.141. The van der Waals surface area contributed by atoms with Crippen molar-refractivity contribution in [3.8, 4) is 16.2 Å². The number of nitrogens with one attached hydrogen (secondary N) is 1. The Hall–Kier alpha value is -3.72. The molecule has 3 heterocycles. The van der Waals surface area contributed by atoms with Gasteiger partial charge in [0.1, 0.15) is 17.8 Å². The first-order chi connectivity index (χ1) is 18.8. The summed E-state index contributed by atoms with van der Waals surface area (Å²) in [7, 11) is 1.54. The highest BCUT2D eigenvalue weighted by Gasteiger charge is 2.44. The van der Waals surface area contributed by atoms with Crippen LogP contribution in [-0.4, -0.2) is 58.2 Å². The molecule has 39 heavy (non-hydrogen) atoms. The Kier molecular flexibility index (Phi) is 7.70. The SMILES string of the molecule is COc1cccc2c1C(=O)N(C(C(=O)N1CCCC1C(=O)NCc1ccc(-c3scnc3C)cc1)C(C)C)C2. The first-order valence-electron chi connectivity index (χ1n) is 13.3. The van der Waals surface area contributed by atoms with Gasteiger partial charge in [-0.3, -0.25) is 14.4 Å². The van der Waals surface area contributed by atoms with Gasteiger partial charge in [-0.1, -0.05) is 50.2 Å². The number of methoxy groups -OCH3 is 1. The Labute approximate surface area is 233 Å². The van der Waals surface area contributed by atoms with E-state index in [9.17, 15) is 14.4 Å². The molecule has 3 aromatic rings. The summed E-state index contributed by atoms with van der Waals surface area (Å²) >= 11 is 1.61. The fourth-order valence-corrected chi connectivity index (χ4v) is 6.47. The Balaban J connectivity index is 1.26. The van der Waals surface area contributed by atoms with Gasteiger partial charge < -0.3 is 19.9 Å². The van der Waals surface area contributed by atoms with Crippen LogP contribution < -0.4 is 10.1 Å². The summed E-state index contributed by atoms with van der Waals surface area (Å²) in [6.07, 6.45) is 1.35. The summed E-state index contributed by atoms with van der Waals surface area (Å²) in [4.78, 5) is 49.4. The van der Waals surface area contributed by atoms with E-state index in [0.717, 1.165) is 33.7 Å². The zero-order chi connectivity index (χ0) is 27.7. The maximum atomic E-state index is 13.9. The van der Waals surface area contributed by atoms with E-state index in [1.165, 1.54) is 0 Å². The van der Waals surface area contributed by atoms with Crippen molar-refractivity contribution in [3.63, 3.8) is 0 Å². The van der Waals surface area contributed by atoms with E-state index < -0.39 is 12.1 Å². The number of thiazole rings is 1. The molecule has 1 N–H and O–H groups in total. The highest BCUT2D eigenvalue weighted by molar-refractivity contribution is 7.13. The van der Waals surface area contributed by atoms with Crippen LogP contribution in [0, 0.1) is 12.8 Å². The van der Waals surface area contributed by atoms with E-state index in [4.69, 9.17) is 4.74 Å². The van der Waals surface area contributed by atoms with E-state index >= 15 is 0 Å². The van der Waals surface area contributed by atoms with Crippen molar-refractivity contribution >= 4 is 29.1 Å². The van der Waals surface area contributed by atoms with Gasteiger partial charge in [0.15, 0.2) is 0 Å². The molecular weight excluding hydrogens is 512 g/mol. The number of hydrogen-bond acceptors (Lipinski definition) is 6. The second kappa shape index (κ2) is 11.2. The lowest BCUT2D eigenvalue weighted by molar-refractivity contribution is -0.143. The zero-order valence-electron chi connectivity index (χ0n) is 22.8. The number of rotatable bonds is 8. The van der Waals surface area contributed by atoms with Crippen LogP contribution in [0.5, 0.6) is 5.75 Å². The third-order valence-corrected chi connectivity index (χ3v) is 8.61. The normalized spacial score (nSPS) is 17.5. The van der Waals surface area contributed by atoms with Gasteiger partial charge >= 0.3 is 0 Å². The molecule has 1 saturated heterocycles. The molecule has 2 unspecified atom stereocenters. The minimum absolute atomic E-state index is 0.119. The number of aromatic nitrogens is 1. The number of ether oxygens (including phenoxy) is 1. The monoisotopic (exact) mass is 546 g/mol. The molecule has 2 aromatic carbocycles. The largest absolute Gasteiger partial charge is 0.496 e. The highest BCUT2D eigenvalue weighted by atomic mass is 32.1. The molecule has 204 valence electrons. The van der Waals surface area contributed by atoms with Crippen molar-refractivity contribution in [1.82, 2.24) is 20.1 Å². The molecule has 0 saturated carbocycles. The Bertz CT molecular complexity index is 1380. The molecule has 1 aromatic heterocycles. The number of hydrogen-bond donors (Lipinski definition) is 1. The minimum atomic E-state index is -0.661. The average molecular weight is 547 g/mol. The lowest BCUT2D eigenvalue weighted by Gasteiger charge is -2.35. The number of fused-ring (bicyclic) bond motifs is 1. The Morgan fingerprint density at radius 1 is 1.18 bits per heavy atom. The smallest absolute Gasteiger partial charge is 0.258 e. The van der Waals surface area contributed by atoms with Gasteiger partial charge in [-0.05, 0) is 48.4 Å².